The molecule has 0 heterocycles. The van der Waals surface area contributed by atoms with Crippen molar-refractivity contribution in [1.82, 2.24) is 5.32 Å². The van der Waals surface area contributed by atoms with Gasteiger partial charge >= 0.3 is 6.18 Å². The number of methoxy groups -OCH3 is 2. The molecule has 0 saturated carbocycles. The van der Waals surface area contributed by atoms with E-state index in [1.807, 2.05) is 0 Å². The molecule has 0 bridgehead atoms. The Kier molecular flexibility index (Phi) is 4.84. The maximum absolute atomic E-state index is 12.9. The van der Waals surface area contributed by atoms with Crippen molar-refractivity contribution >= 4 is 0 Å². The van der Waals surface area contributed by atoms with Crippen molar-refractivity contribution in [3.05, 3.63) is 23.8 Å². The van der Waals surface area contributed by atoms with E-state index in [-0.39, 0.29) is 12.1 Å². The van der Waals surface area contributed by atoms with Crippen molar-refractivity contribution in [3.63, 3.8) is 0 Å². The van der Waals surface area contributed by atoms with Gasteiger partial charge in [0.15, 0.2) is 0 Å². The van der Waals surface area contributed by atoms with Gasteiger partial charge in [-0.05, 0) is 24.2 Å². The zero-order chi connectivity index (χ0) is 13.8. The lowest BCUT2D eigenvalue weighted by Crippen LogP contribution is -2.34. The number of rotatable bonds is 5. The van der Waals surface area contributed by atoms with Crippen LogP contribution in [0.15, 0.2) is 18.2 Å². The molecule has 1 unspecified atom stereocenters. The fourth-order valence-electron chi connectivity index (χ4n) is 1.62. The highest BCUT2D eigenvalue weighted by atomic mass is 19.4. The van der Waals surface area contributed by atoms with E-state index in [1.165, 1.54) is 32.4 Å². The lowest BCUT2D eigenvalue weighted by atomic mass is 10.1. The Hall–Kier alpha value is -1.43. The summed E-state index contributed by atoms with van der Waals surface area (Å²) in [5.41, 5.74) is 0.0700. The highest BCUT2D eigenvalue weighted by molar-refractivity contribution is 5.40. The first-order valence-electron chi connectivity index (χ1n) is 5.45. The normalized spacial score (nSPS) is 13.2. The van der Waals surface area contributed by atoms with Crippen LogP contribution in [0.1, 0.15) is 18.5 Å². The van der Waals surface area contributed by atoms with Crippen LogP contribution in [0.5, 0.6) is 11.5 Å². The molecule has 1 rings (SSSR count). The molecular weight excluding hydrogens is 247 g/mol. The summed E-state index contributed by atoms with van der Waals surface area (Å²) in [6, 6.07) is 2.50. The van der Waals surface area contributed by atoms with Crippen LogP contribution in [0.2, 0.25) is 0 Å². The third-order valence-corrected chi connectivity index (χ3v) is 2.44. The Morgan fingerprint density at radius 1 is 1.11 bits per heavy atom. The molecule has 6 heteroatoms. The van der Waals surface area contributed by atoms with E-state index in [1.54, 1.807) is 6.92 Å². The Bertz CT molecular complexity index is 371. The highest BCUT2D eigenvalue weighted by Crippen LogP contribution is 2.36. The Morgan fingerprint density at radius 2 is 1.61 bits per heavy atom. The molecule has 0 spiro atoms. The van der Waals surface area contributed by atoms with Crippen LogP contribution >= 0.6 is 0 Å². The number of halogens is 3. The maximum atomic E-state index is 12.9. The van der Waals surface area contributed by atoms with Gasteiger partial charge in [0.05, 0.1) is 14.2 Å². The molecule has 0 saturated heterocycles. The highest BCUT2D eigenvalue weighted by Gasteiger charge is 2.40. The summed E-state index contributed by atoms with van der Waals surface area (Å²) in [4.78, 5) is 0. The molecule has 3 nitrogen and oxygen atoms in total. The van der Waals surface area contributed by atoms with Gasteiger partial charge in [-0.15, -0.1) is 0 Å². The summed E-state index contributed by atoms with van der Waals surface area (Å²) in [5.74, 6) is 0.660. The van der Waals surface area contributed by atoms with Gasteiger partial charge in [-0.2, -0.15) is 13.2 Å². The van der Waals surface area contributed by atoms with Crippen molar-refractivity contribution in [2.45, 2.75) is 19.1 Å². The van der Waals surface area contributed by atoms with Gasteiger partial charge in [0.2, 0.25) is 0 Å². The largest absolute Gasteiger partial charge is 0.497 e. The number of nitrogens with one attached hydrogen (secondary N) is 1. The lowest BCUT2D eigenvalue weighted by Gasteiger charge is -2.22. The van der Waals surface area contributed by atoms with Crippen LogP contribution in [-0.4, -0.2) is 26.9 Å². The predicted molar refractivity (Wildman–Crippen MR) is 62.0 cm³/mol. The summed E-state index contributed by atoms with van der Waals surface area (Å²) in [5, 5.41) is 2.41. The average molecular weight is 263 g/mol. The topological polar surface area (TPSA) is 30.5 Å². The second kappa shape index (κ2) is 5.95. The summed E-state index contributed by atoms with van der Waals surface area (Å²) in [6.45, 7) is 1.83. The minimum atomic E-state index is -4.37. The Balaban J connectivity index is 3.18. The fraction of sp³-hybridized carbons (Fsp3) is 0.500. The van der Waals surface area contributed by atoms with Gasteiger partial charge in [0.25, 0.3) is 0 Å². The summed E-state index contributed by atoms with van der Waals surface area (Å²) >= 11 is 0. The van der Waals surface area contributed by atoms with E-state index in [0.717, 1.165) is 0 Å². The molecular formula is C12H16F3NO2. The number of ether oxygens (including phenoxy) is 2. The molecule has 18 heavy (non-hydrogen) atoms. The van der Waals surface area contributed by atoms with Crippen LogP contribution < -0.4 is 14.8 Å². The quantitative estimate of drug-likeness (QED) is 0.886. The first kappa shape index (κ1) is 14.6. The van der Waals surface area contributed by atoms with Crippen LogP contribution in [-0.2, 0) is 0 Å². The van der Waals surface area contributed by atoms with E-state index in [9.17, 15) is 13.2 Å². The van der Waals surface area contributed by atoms with Gasteiger partial charge < -0.3 is 14.8 Å². The molecule has 0 fully saturated rings. The van der Waals surface area contributed by atoms with Gasteiger partial charge in [-0.1, -0.05) is 6.92 Å². The third kappa shape index (κ3) is 3.53. The standard InChI is InChI=1S/C12H16F3NO2/c1-4-16-11(12(13,14)15)8-5-9(17-2)7-10(6-8)18-3/h5-7,11,16H,4H2,1-3H3. The molecule has 102 valence electrons. The number of hydrogen-bond acceptors (Lipinski definition) is 3. The van der Waals surface area contributed by atoms with E-state index in [4.69, 9.17) is 9.47 Å². The van der Waals surface area contributed by atoms with Gasteiger partial charge in [-0.3, -0.25) is 0 Å². The van der Waals surface area contributed by atoms with Crippen molar-refractivity contribution in [1.29, 1.82) is 0 Å². The van der Waals surface area contributed by atoms with Crippen LogP contribution in [0.25, 0.3) is 0 Å². The lowest BCUT2D eigenvalue weighted by molar-refractivity contribution is -0.157. The monoisotopic (exact) mass is 263 g/mol. The second-order valence-electron chi connectivity index (χ2n) is 3.68. The molecule has 0 aliphatic carbocycles. The van der Waals surface area contributed by atoms with Gasteiger partial charge in [0.1, 0.15) is 17.5 Å². The molecule has 1 aromatic carbocycles. The molecule has 0 aliphatic heterocycles. The predicted octanol–water partition coefficient (Wildman–Crippen LogP) is 2.92. The summed E-state index contributed by atoms with van der Waals surface area (Å²) < 4.78 is 48.7. The molecule has 0 radical (unpaired) electrons. The Labute approximate surface area is 104 Å². The number of benzene rings is 1. The fourth-order valence-corrected chi connectivity index (χ4v) is 1.62. The zero-order valence-corrected chi connectivity index (χ0v) is 10.5. The first-order chi connectivity index (χ1) is 8.42. The molecule has 1 atom stereocenters. The van der Waals surface area contributed by atoms with E-state index >= 15 is 0 Å². The van der Waals surface area contributed by atoms with Crippen molar-refractivity contribution in [2.75, 3.05) is 20.8 Å². The number of hydrogen-bond donors (Lipinski definition) is 1. The van der Waals surface area contributed by atoms with E-state index < -0.39 is 12.2 Å². The smallest absolute Gasteiger partial charge is 0.407 e. The van der Waals surface area contributed by atoms with Crippen molar-refractivity contribution in [2.24, 2.45) is 0 Å². The van der Waals surface area contributed by atoms with E-state index in [0.29, 0.717) is 11.5 Å². The second-order valence-corrected chi connectivity index (χ2v) is 3.68. The summed E-state index contributed by atoms with van der Waals surface area (Å²) in [6.07, 6.45) is -4.37. The Morgan fingerprint density at radius 3 is 1.94 bits per heavy atom. The summed E-state index contributed by atoms with van der Waals surface area (Å²) in [7, 11) is 2.79. The molecule has 1 aromatic rings. The average Bonchev–Trinajstić information content (AvgIpc) is 2.33. The van der Waals surface area contributed by atoms with Gasteiger partial charge in [0, 0.05) is 6.07 Å². The van der Waals surface area contributed by atoms with Crippen LogP contribution in [0, 0.1) is 0 Å². The zero-order valence-electron chi connectivity index (χ0n) is 10.5. The van der Waals surface area contributed by atoms with E-state index in [2.05, 4.69) is 5.32 Å². The molecule has 0 aliphatic rings. The minimum absolute atomic E-state index is 0.0700. The first-order valence-corrected chi connectivity index (χ1v) is 5.45. The number of alkyl halides is 3. The van der Waals surface area contributed by atoms with Crippen LogP contribution in [0.3, 0.4) is 0 Å². The van der Waals surface area contributed by atoms with Crippen molar-refractivity contribution < 1.29 is 22.6 Å². The molecule has 1 N–H and O–H groups in total. The third-order valence-electron chi connectivity index (χ3n) is 2.44. The molecule has 0 aromatic heterocycles. The maximum Gasteiger partial charge on any atom is 0.407 e. The van der Waals surface area contributed by atoms with Gasteiger partial charge in [-0.25, -0.2) is 0 Å². The van der Waals surface area contributed by atoms with Crippen molar-refractivity contribution in [3.8, 4) is 11.5 Å². The minimum Gasteiger partial charge on any atom is -0.497 e. The SMILES string of the molecule is CCNC(c1cc(OC)cc(OC)c1)C(F)(F)F. The van der Waals surface area contributed by atoms with Crippen LogP contribution in [0.4, 0.5) is 13.2 Å². The molecule has 0 amide bonds.